The molecule has 0 saturated carbocycles. The largest absolute Gasteiger partial charge is 0.435 e. The monoisotopic (exact) mass is 428 g/mol. The zero-order valence-electron chi connectivity index (χ0n) is 17.1. The summed E-state index contributed by atoms with van der Waals surface area (Å²) in [4.78, 5) is 31.2. The summed E-state index contributed by atoms with van der Waals surface area (Å²) < 4.78 is 30.7. The summed E-state index contributed by atoms with van der Waals surface area (Å²) in [6, 6.07) is 9.61. The number of fused-ring (bicyclic) bond motifs is 1. The molecule has 7 nitrogen and oxygen atoms in total. The van der Waals surface area contributed by atoms with Gasteiger partial charge in [-0.1, -0.05) is 18.2 Å². The fourth-order valence-corrected chi connectivity index (χ4v) is 3.69. The van der Waals surface area contributed by atoms with E-state index in [4.69, 9.17) is 0 Å². The van der Waals surface area contributed by atoms with E-state index < -0.39 is 18.2 Å². The quantitative estimate of drug-likeness (QED) is 0.583. The van der Waals surface area contributed by atoms with Crippen LogP contribution in [0.5, 0.6) is 5.75 Å². The molecule has 1 saturated heterocycles. The van der Waals surface area contributed by atoms with E-state index in [0.29, 0.717) is 18.5 Å². The molecular formula is C22H22F2N4O3. The van der Waals surface area contributed by atoms with Crippen LogP contribution in [0.3, 0.4) is 0 Å². The molecule has 1 aliphatic rings. The minimum atomic E-state index is -2.88. The number of benzene rings is 1. The predicted molar refractivity (Wildman–Crippen MR) is 109 cm³/mol. The molecule has 1 N–H and O–H groups in total. The molecule has 162 valence electrons. The molecular weight excluding hydrogens is 406 g/mol. The highest BCUT2D eigenvalue weighted by Gasteiger charge is 2.47. The van der Waals surface area contributed by atoms with Crippen LogP contribution in [0.2, 0.25) is 0 Å². The van der Waals surface area contributed by atoms with Crippen molar-refractivity contribution in [3.8, 4) is 5.75 Å². The molecule has 1 aliphatic heterocycles. The fourth-order valence-electron chi connectivity index (χ4n) is 3.69. The van der Waals surface area contributed by atoms with Crippen molar-refractivity contribution in [1.82, 2.24) is 19.6 Å². The van der Waals surface area contributed by atoms with Crippen LogP contribution >= 0.6 is 0 Å². The Balaban J connectivity index is 1.42. The molecule has 31 heavy (non-hydrogen) atoms. The Morgan fingerprint density at radius 1 is 1.13 bits per heavy atom. The molecule has 4 rings (SSSR count). The van der Waals surface area contributed by atoms with E-state index in [9.17, 15) is 18.4 Å². The average Bonchev–Trinajstić information content (AvgIpc) is 3.20. The van der Waals surface area contributed by atoms with Gasteiger partial charge in [0.15, 0.2) is 0 Å². The van der Waals surface area contributed by atoms with E-state index in [1.54, 1.807) is 19.1 Å². The van der Waals surface area contributed by atoms with Crippen LogP contribution in [0, 0.1) is 6.92 Å². The first-order valence-electron chi connectivity index (χ1n) is 9.86. The van der Waals surface area contributed by atoms with Gasteiger partial charge in [-0.3, -0.25) is 9.69 Å². The molecule has 0 radical (unpaired) electrons. The number of ether oxygens (including phenoxy) is 1. The van der Waals surface area contributed by atoms with E-state index in [-0.39, 0.29) is 18.2 Å². The normalized spacial score (nSPS) is 18.8. The number of alkyl halides is 2. The van der Waals surface area contributed by atoms with E-state index in [2.05, 4.69) is 15.0 Å². The summed E-state index contributed by atoms with van der Waals surface area (Å²) in [7, 11) is 0. The molecule has 1 atom stereocenters. The van der Waals surface area contributed by atoms with Gasteiger partial charge in [0, 0.05) is 12.4 Å². The number of carbonyl (C=O) groups is 2. The molecule has 1 aromatic carbocycles. The Morgan fingerprint density at radius 2 is 1.87 bits per heavy atom. The second kappa shape index (κ2) is 7.98. The number of imide groups is 1. The Bertz CT molecular complexity index is 1130. The van der Waals surface area contributed by atoms with Gasteiger partial charge in [-0.05, 0) is 56.0 Å². The van der Waals surface area contributed by atoms with Gasteiger partial charge in [-0.15, -0.1) is 0 Å². The van der Waals surface area contributed by atoms with Gasteiger partial charge in [0.05, 0.1) is 12.2 Å². The van der Waals surface area contributed by atoms with E-state index >= 15 is 0 Å². The number of urea groups is 1. The number of imidazole rings is 1. The van der Waals surface area contributed by atoms with Crippen molar-refractivity contribution in [3.05, 3.63) is 65.6 Å². The van der Waals surface area contributed by atoms with E-state index in [1.807, 2.05) is 35.9 Å². The summed E-state index contributed by atoms with van der Waals surface area (Å²) in [5, 5.41) is 2.78. The van der Waals surface area contributed by atoms with Crippen LogP contribution in [0.4, 0.5) is 13.6 Å². The topological polar surface area (TPSA) is 75.9 Å². The third kappa shape index (κ3) is 4.35. The van der Waals surface area contributed by atoms with Crippen LogP contribution in [-0.2, 0) is 17.8 Å². The van der Waals surface area contributed by atoms with Gasteiger partial charge >= 0.3 is 12.6 Å². The van der Waals surface area contributed by atoms with Gasteiger partial charge in [-0.2, -0.15) is 8.78 Å². The first-order valence-corrected chi connectivity index (χ1v) is 9.86. The maximum atomic E-state index is 13.0. The van der Waals surface area contributed by atoms with Crippen molar-refractivity contribution < 1.29 is 23.1 Å². The standard InChI is InChI=1S/C22H22F2N4O3/c1-14-3-8-18-25-16(12-27(18)11-14)13-28-19(29)22(2,26-21(28)30)10-9-15-4-6-17(7-5-15)31-20(23)24/h3-8,11-12,20H,9-10,13H2,1-2H3,(H,26,30)/t22-/m1/s1. The molecule has 3 heterocycles. The van der Waals surface area contributed by atoms with Gasteiger partial charge in [0.2, 0.25) is 0 Å². The van der Waals surface area contributed by atoms with Crippen molar-refractivity contribution in [2.24, 2.45) is 0 Å². The summed E-state index contributed by atoms with van der Waals surface area (Å²) in [5.41, 5.74) is 2.24. The SMILES string of the molecule is Cc1ccc2nc(CN3C(=O)N[C@](C)(CCc4ccc(OC(F)F)cc4)C3=O)cn2c1. The molecule has 0 spiro atoms. The fraction of sp³-hybridized carbons (Fsp3) is 0.318. The number of nitrogens with zero attached hydrogens (tertiary/aromatic N) is 3. The van der Waals surface area contributed by atoms with Crippen LogP contribution in [-0.4, -0.2) is 38.4 Å². The lowest BCUT2D eigenvalue weighted by Gasteiger charge is -2.21. The van der Waals surface area contributed by atoms with Gasteiger partial charge in [-0.25, -0.2) is 9.78 Å². The predicted octanol–water partition coefficient (Wildman–Crippen LogP) is 3.69. The summed E-state index contributed by atoms with van der Waals surface area (Å²) in [5.74, 6) is -0.243. The number of nitrogens with one attached hydrogen (secondary N) is 1. The second-order valence-corrected chi connectivity index (χ2v) is 7.88. The Hall–Kier alpha value is -3.49. The minimum absolute atomic E-state index is 0.0732. The molecule has 0 aliphatic carbocycles. The molecule has 3 aromatic rings. The lowest BCUT2D eigenvalue weighted by Crippen LogP contribution is -2.44. The zero-order chi connectivity index (χ0) is 22.2. The van der Waals surface area contributed by atoms with Gasteiger partial charge in [0.25, 0.3) is 5.91 Å². The second-order valence-electron chi connectivity index (χ2n) is 7.88. The van der Waals surface area contributed by atoms with Crippen molar-refractivity contribution in [3.63, 3.8) is 0 Å². The smallest absolute Gasteiger partial charge is 0.387 e. The molecule has 0 unspecified atom stereocenters. The number of amides is 3. The number of halogens is 2. The van der Waals surface area contributed by atoms with Gasteiger partial charge < -0.3 is 14.5 Å². The lowest BCUT2D eigenvalue weighted by atomic mass is 9.93. The van der Waals surface area contributed by atoms with Crippen LogP contribution in [0.25, 0.3) is 5.65 Å². The van der Waals surface area contributed by atoms with E-state index in [0.717, 1.165) is 16.8 Å². The lowest BCUT2D eigenvalue weighted by molar-refractivity contribution is -0.131. The van der Waals surface area contributed by atoms with Crippen LogP contribution in [0.1, 0.15) is 30.2 Å². The number of rotatable bonds is 7. The minimum Gasteiger partial charge on any atom is -0.435 e. The Kier molecular flexibility index (Phi) is 5.34. The summed E-state index contributed by atoms with van der Waals surface area (Å²) in [6.45, 7) is 0.871. The number of hydrogen-bond acceptors (Lipinski definition) is 4. The van der Waals surface area contributed by atoms with E-state index in [1.165, 1.54) is 17.0 Å². The number of pyridine rings is 1. The summed E-state index contributed by atoms with van der Waals surface area (Å²) >= 11 is 0. The van der Waals surface area contributed by atoms with Crippen molar-refractivity contribution in [2.45, 2.75) is 45.4 Å². The first kappa shape index (κ1) is 20.8. The number of aryl methyl sites for hydroxylation is 2. The molecule has 2 aromatic heterocycles. The first-order chi connectivity index (χ1) is 14.7. The average molecular weight is 428 g/mol. The highest BCUT2D eigenvalue weighted by Crippen LogP contribution is 2.25. The molecule has 1 fully saturated rings. The Labute approximate surface area is 177 Å². The highest BCUT2D eigenvalue weighted by atomic mass is 19.3. The third-order valence-electron chi connectivity index (χ3n) is 5.38. The number of hydrogen-bond donors (Lipinski definition) is 1. The number of carbonyl (C=O) groups excluding carboxylic acids is 2. The van der Waals surface area contributed by atoms with Crippen molar-refractivity contribution in [2.75, 3.05) is 0 Å². The number of aromatic nitrogens is 2. The van der Waals surface area contributed by atoms with Crippen molar-refractivity contribution >= 4 is 17.6 Å². The molecule has 3 amide bonds. The maximum absolute atomic E-state index is 13.0. The third-order valence-corrected chi connectivity index (χ3v) is 5.38. The maximum Gasteiger partial charge on any atom is 0.387 e. The van der Waals surface area contributed by atoms with Crippen LogP contribution < -0.4 is 10.1 Å². The Morgan fingerprint density at radius 3 is 2.58 bits per heavy atom. The van der Waals surface area contributed by atoms with Gasteiger partial charge in [0.1, 0.15) is 16.9 Å². The highest BCUT2D eigenvalue weighted by molar-refractivity contribution is 6.06. The zero-order valence-corrected chi connectivity index (χ0v) is 17.1. The molecule has 0 bridgehead atoms. The summed E-state index contributed by atoms with van der Waals surface area (Å²) in [6.07, 6.45) is 4.59. The van der Waals surface area contributed by atoms with Crippen LogP contribution in [0.15, 0.2) is 48.8 Å². The molecule has 9 heteroatoms. The van der Waals surface area contributed by atoms with Crippen molar-refractivity contribution in [1.29, 1.82) is 0 Å².